The third-order valence-electron chi connectivity index (χ3n) is 4.29. The fraction of sp³-hybridized carbons (Fsp3) is 0.529. The van der Waals surface area contributed by atoms with E-state index in [-0.39, 0.29) is 17.3 Å². The van der Waals surface area contributed by atoms with Gasteiger partial charge in [-0.05, 0) is 37.7 Å². The Morgan fingerprint density at radius 3 is 3.00 bits per heavy atom. The van der Waals surface area contributed by atoms with Gasteiger partial charge >= 0.3 is 5.69 Å². The molecule has 9 heteroatoms. The van der Waals surface area contributed by atoms with Crippen molar-refractivity contribution in [2.24, 2.45) is 0 Å². The third-order valence-corrected chi connectivity index (χ3v) is 6.47. The highest BCUT2D eigenvalue weighted by molar-refractivity contribution is 7.99. The highest BCUT2D eigenvalue weighted by atomic mass is 32.2. The molecule has 0 unspecified atom stereocenters. The van der Waals surface area contributed by atoms with Gasteiger partial charge < -0.3 is 5.32 Å². The van der Waals surface area contributed by atoms with Crippen LogP contribution in [0.15, 0.2) is 9.95 Å². The summed E-state index contributed by atoms with van der Waals surface area (Å²) >= 11 is 2.74. The van der Waals surface area contributed by atoms with Gasteiger partial charge in [0.1, 0.15) is 11.1 Å². The number of fused-ring (bicyclic) bond motifs is 1. The lowest BCUT2D eigenvalue weighted by atomic mass is 10.1. The first kappa shape index (κ1) is 18.7. The van der Waals surface area contributed by atoms with Gasteiger partial charge in [0.25, 0.3) is 0 Å². The number of aromatic nitrogens is 3. The van der Waals surface area contributed by atoms with Crippen molar-refractivity contribution in [3.05, 3.63) is 26.5 Å². The Morgan fingerprint density at radius 1 is 1.42 bits per heavy atom. The Labute approximate surface area is 159 Å². The molecule has 1 aliphatic rings. The summed E-state index contributed by atoms with van der Waals surface area (Å²) in [4.78, 5) is 25.3. The number of thioether (sulfide) groups is 1. The molecular weight excluding hydrogens is 370 g/mol. The molecule has 2 heterocycles. The van der Waals surface area contributed by atoms with Gasteiger partial charge in [0.05, 0.1) is 11.3 Å². The molecule has 26 heavy (non-hydrogen) atoms. The van der Waals surface area contributed by atoms with Crippen LogP contribution in [0.2, 0.25) is 0 Å². The Hall–Kier alpha value is -2.05. The molecule has 0 fully saturated rings. The standard InChI is InChI=1S/C17H21N5O2S2/c1-2-8-22-16(24)20-21-17(22)25-10-14(23)19-15-12(9-18)11-6-4-3-5-7-13(11)26-15/h2-8,10H2,1H3,(H,19,23)(H,20,24). The maximum atomic E-state index is 12.4. The van der Waals surface area contributed by atoms with E-state index in [0.717, 1.165) is 37.7 Å². The highest BCUT2D eigenvalue weighted by Gasteiger charge is 2.21. The molecule has 3 rings (SSSR count). The Balaban J connectivity index is 1.68. The summed E-state index contributed by atoms with van der Waals surface area (Å²) in [7, 11) is 0. The second-order valence-corrected chi connectivity index (χ2v) is 8.23. The molecule has 0 saturated heterocycles. The van der Waals surface area contributed by atoms with Crippen LogP contribution >= 0.6 is 23.1 Å². The van der Waals surface area contributed by atoms with Gasteiger partial charge in [-0.15, -0.1) is 16.4 Å². The van der Waals surface area contributed by atoms with Crippen LogP contribution in [-0.4, -0.2) is 26.4 Å². The summed E-state index contributed by atoms with van der Waals surface area (Å²) in [5, 5.41) is 19.9. The number of carbonyl (C=O) groups excluding carboxylic acids is 1. The zero-order chi connectivity index (χ0) is 18.5. The van der Waals surface area contributed by atoms with E-state index < -0.39 is 0 Å². The van der Waals surface area contributed by atoms with Crippen molar-refractivity contribution in [1.29, 1.82) is 5.26 Å². The maximum absolute atomic E-state index is 12.4. The van der Waals surface area contributed by atoms with E-state index >= 15 is 0 Å². The first-order valence-corrected chi connectivity index (χ1v) is 10.6. The first-order chi connectivity index (χ1) is 12.6. The number of rotatable bonds is 6. The smallest absolute Gasteiger partial charge is 0.316 e. The second-order valence-electron chi connectivity index (χ2n) is 6.18. The SMILES string of the molecule is CCCn1c(SCC(=O)Nc2sc3c(c2C#N)CCCCC3)n[nH]c1=O. The largest absolute Gasteiger partial charge is 0.343 e. The molecule has 7 nitrogen and oxygen atoms in total. The molecule has 0 aliphatic heterocycles. The van der Waals surface area contributed by atoms with Gasteiger partial charge in [-0.2, -0.15) is 5.26 Å². The molecular formula is C17H21N5O2S2. The number of H-pyrrole nitrogens is 1. The van der Waals surface area contributed by atoms with Crippen LogP contribution in [-0.2, 0) is 24.2 Å². The number of hydrogen-bond donors (Lipinski definition) is 2. The zero-order valence-electron chi connectivity index (χ0n) is 14.6. The summed E-state index contributed by atoms with van der Waals surface area (Å²) in [5.74, 6) is -0.0528. The van der Waals surface area contributed by atoms with Crippen molar-refractivity contribution in [2.75, 3.05) is 11.1 Å². The summed E-state index contributed by atoms with van der Waals surface area (Å²) < 4.78 is 1.53. The van der Waals surface area contributed by atoms with Crippen molar-refractivity contribution in [2.45, 2.75) is 57.1 Å². The molecule has 138 valence electrons. The van der Waals surface area contributed by atoms with Crippen LogP contribution in [0.5, 0.6) is 0 Å². The van der Waals surface area contributed by atoms with E-state index in [1.54, 1.807) is 0 Å². The molecule has 1 amide bonds. The van der Waals surface area contributed by atoms with E-state index in [1.807, 2.05) is 6.92 Å². The van der Waals surface area contributed by atoms with Gasteiger partial charge in [0.15, 0.2) is 5.16 Å². The van der Waals surface area contributed by atoms with Crippen LogP contribution in [0.3, 0.4) is 0 Å². The topological polar surface area (TPSA) is 104 Å². The molecule has 0 saturated carbocycles. The predicted octanol–water partition coefficient (Wildman–Crippen LogP) is 2.91. The van der Waals surface area contributed by atoms with Crippen molar-refractivity contribution >= 4 is 34.0 Å². The fourth-order valence-electron chi connectivity index (χ4n) is 3.08. The van der Waals surface area contributed by atoms with Crippen LogP contribution in [0, 0.1) is 11.3 Å². The van der Waals surface area contributed by atoms with Gasteiger partial charge in [0.2, 0.25) is 5.91 Å². The molecule has 2 aromatic heterocycles. The van der Waals surface area contributed by atoms with Crippen LogP contribution in [0.1, 0.15) is 48.6 Å². The number of aryl methyl sites for hydroxylation is 1. The molecule has 0 bridgehead atoms. The summed E-state index contributed by atoms with van der Waals surface area (Å²) in [6, 6.07) is 2.27. The summed E-state index contributed by atoms with van der Waals surface area (Å²) in [6.07, 6.45) is 6.12. The molecule has 0 radical (unpaired) electrons. The fourth-order valence-corrected chi connectivity index (χ4v) is 5.10. The minimum absolute atomic E-state index is 0.140. The summed E-state index contributed by atoms with van der Waals surface area (Å²) in [5.41, 5.74) is 1.47. The minimum atomic E-state index is -0.261. The Kier molecular flexibility index (Phi) is 6.16. The minimum Gasteiger partial charge on any atom is -0.316 e. The number of amides is 1. The number of thiophene rings is 1. The van der Waals surface area contributed by atoms with E-state index in [2.05, 4.69) is 21.6 Å². The molecule has 0 aromatic carbocycles. The number of nitrogens with zero attached hydrogens (tertiary/aromatic N) is 3. The predicted molar refractivity (Wildman–Crippen MR) is 103 cm³/mol. The van der Waals surface area contributed by atoms with E-state index in [9.17, 15) is 14.9 Å². The van der Waals surface area contributed by atoms with Crippen molar-refractivity contribution in [3.63, 3.8) is 0 Å². The molecule has 2 N–H and O–H groups in total. The van der Waals surface area contributed by atoms with Crippen LogP contribution in [0.4, 0.5) is 5.00 Å². The average molecular weight is 392 g/mol. The van der Waals surface area contributed by atoms with Crippen molar-refractivity contribution in [3.8, 4) is 6.07 Å². The Bertz CT molecular complexity index is 890. The maximum Gasteiger partial charge on any atom is 0.343 e. The average Bonchev–Trinajstić information content (AvgIpc) is 3.04. The van der Waals surface area contributed by atoms with E-state index in [0.29, 0.717) is 22.3 Å². The quantitative estimate of drug-likeness (QED) is 0.582. The number of carbonyl (C=O) groups is 1. The first-order valence-electron chi connectivity index (χ1n) is 8.76. The lowest BCUT2D eigenvalue weighted by molar-refractivity contribution is -0.113. The van der Waals surface area contributed by atoms with Crippen molar-refractivity contribution in [1.82, 2.24) is 14.8 Å². The molecule has 0 spiro atoms. The Morgan fingerprint density at radius 2 is 2.23 bits per heavy atom. The molecule has 0 atom stereocenters. The lowest BCUT2D eigenvalue weighted by Gasteiger charge is -2.05. The number of nitrogens with one attached hydrogen (secondary N) is 2. The highest BCUT2D eigenvalue weighted by Crippen LogP contribution is 2.37. The number of anilines is 1. The number of nitriles is 1. The van der Waals surface area contributed by atoms with Gasteiger partial charge in [-0.3, -0.25) is 9.36 Å². The van der Waals surface area contributed by atoms with E-state index in [1.165, 1.54) is 39.0 Å². The summed E-state index contributed by atoms with van der Waals surface area (Å²) in [6.45, 7) is 2.54. The van der Waals surface area contributed by atoms with Crippen LogP contribution in [0.25, 0.3) is 0 Å². The normalized spacial score (nSPS) is 13.7. The lowest BCUT2D eigenvalue weighted by Crippen LogP contribution is -2.18. The van der Waals surface area contributed by atoms with Crippen LogP contribution < -0.4 is 11.0 Å². The number of aromatic amines is 1. The third kappa shape index (κ3) is 4.02. The van der Waals surface area contributed by atoms with E-state index in [4.69, 9.17) is 0 Å². The second kappa shape index (κ2) is 8.56. The van der Waals surface area contributed by atoms with Gasteiger partial charge in [-0.25, -0.2) is 9.89 Å². The number of hydrogen-bond acceptors (Lipinski definition) is 6. The zero-order valence-corrected chi connectivity index (χ0v) is 16.3. The van der Waals surface area contributed by atoms with Gasteiger partial charge in [-0.1, -0.05) is 25.1 Å². The molecule has 2 aromatic rings. The monoisotopic (exact) mass is 391 g/mol. The van der Waals surface area contributed by atoms with Crippen molar-refractivity contribution < 1.29 is 4.79 Å². The van der Waals surface area contributed by atoms with Gasteiger partial charge in [0, 0.05) is 11.4 Å². The molecule has 1 aliphatic carbocycles.